The summed E-state index contributed by atoms with van der Waals surface area (Å²) in [5, 5.41) is 7.71. The van der Waals surface area contributed by atoms with Crippen LogP contribution in [0.25, 0.3) is 0 Å². The third-order valence-electron chi connectivity index (χ3n) is 3.51. The summed E-state index contributed by atoms with van der Waals surface area (Å²) < 4.78 is 0. The quantitative estimate of drug-likeness (QED) is 0.835. The lowest BCUT2D eigenvalue weighted by atomic mass is 10.3. The molecule has 0 saturated heterocycles. The fourth-order valence-electron chi connectivity index (χ4n) is 1.97. The Hall–Kier alpha value is -1.36. The van der Waals surface area contributed by atoms with Gasteiger partial charge in [-0.1, -0.05) is 6.92 Å². The van der Waals surface area contributed by atoms with E-state index in [1.807, 2.05) is 18.4 Å². The van der Waals surface area contributed by atoms with Crippen LogP contribution in [0.2, 0.25) is 0 Å². The molecule has 0 unspecified atom stereocenters. The molecule has 1 aliphatic carbocycles. The minimum atomic E-state index is -0.0167. The third-order valence-corrected chi connectivity index (χ3v) is 4.53. The molecular formula is C14H20N2O2S. The number of aryl methyl sites for hydroxylation is 1. The van der Waals surface area contributed by atoms with Crippen LogP contribution in [-0.4, -0.2) is 18.4 Å². The van der Waals surface area contributed by atoms with Crippen molar-refractivity contribution in [3.63, 3.8) is 0 Å². The van der Waals surface area contributed by atoms with Crippen molar-refractivity contribution in [3.05, 3.63) is 21.9 Å². The molecule has 0 radical (unpaired) electrons. The standard InChI is InChI=1S/C14H20N2O2S/c1-9-4-6-19-12(9)8-16-13(17)3-5-15-14(18)11-7-10(11)2/h4,6,10-11H,3,5,7-8H2,1-2H3,(H,15,18)(H,16,17)/t10-,11-/m1/s1. The second kappa shape index (κ2) is 6.19. The average molecular weight is 280 g/mol. The topological polar surface area (TPSA) is 58.2 Å². The Balaban J connectivity index is 1.60. The highest BCUT2D eigenvalue weighted by Gasteiger charge is 2.38. The van der Waals surface area contributed by atoms with Gasteiger partial charge in [-0.15, -0.1) is 11.3 Å². The maximum atomic E-state index is 11.6. The summed E-state index contributed by atoms with van der Waals surface area (Å²) in [5.41, 5.74) is 1.21. The van der Waals surface area contributed by atoms with Crippen LogP contribution in [0, 0.1) is 18.8 Å². The molecule has 0 bridgehead atoms. The number of hydrogen-bond donors (Lipinski definition) is 2. The second-order valence-electron chi connectivity index (χ2n) is 5.16. The summed E-state index contributed by atoms with van der Waals surface area (Å²) in [5.74, 6) is 0.763. The van der Waals surface area contributed by atoms with Gasteiger partial charge in [0.15, 0.2) is 0 Å². The summed E-state index contributed by atoms with van der Waals surface area (Å²) >= 11 is 1.65. The highest BCUT2D eigenvalue weighted by molar-refractivity contribution is 7.10. The molecule has 104 valence electrons. The Labute approximate surface area is 117 Å². The van der Waals surface area contributed by atoms with Crippen molar-refractivity contribution < 1.29 is 9.59 Å². The van der Waals surface area contributed by atoms with Gasteiger partial charge in [0.05, 0.1) is 6.54 Å². The van der Waals surface area contributed by atoms with Crippen molar-refractivity contribution >= 4 is 23.2 Å². The molecule has 2 rings (SSSR count). The molecule has 0 spiro atoms. The highest BCUT2D eigenvalue weighted by atomic mass is 32.1. The van der Waals surface area contributed by atoms with E-state index in [0.29, 0.717) is 25.4 Å². The summed E-state index contributed by atoms with van der Waals surface area (Å²) in [7, 11) is 0. The molecule has 1 fully saturated rings. The lowest BCUT2D eigenvalue weighted by Crippen LogP contribution is -2.31. The van der Waals surface area contributed by atoms with Crippen molar-refractivity contribution in [2.45, 2.75) is 33.2 Å². The Morgan fingerprint density at radius 3 is 2.74 bits per heavy atom. The van der Waals surface area contributed by atoms with E-state index in [-0.39, 0.29) is 17.7 Å². The molecule has 1 aromatic rings. The van der Waals surface area contributed by atoms with Crippen LogP contribution in [0.3, 0.4) is 0 Å². The van der Waals surface area contributed by atoms with Crippen molar-refractivity contribution in [2.75, 3.05) is 6.54 Å². The number of nitrogens with one attached hydrogen (secondary N) is 2. The lowest BCUT2D eigenvalue weighted by Gasteiger charge is -2.06. The summed E-state index contributed by atoms with van der Waals surface area (Å²) in [6, 6.07) is 2.04. The number of hydrogen-bond acceptors (Lipinski definition) is 3. The summed E-state index contributed by atoms with van der Waals surface area (Å²) in [4.78, 5) is 24.4. The lowest BCUT2D eigenvalue weighted by molar-refractivity contribution is -0.123. The number of amides is 2. The monoisotopic (exact) mass is 280 g/mol. The van der Waals surface area contributed by atoms with Crippen LogP contribution < -0.4 is 10.6 Å². The van der Waals surface area contributed by atoms with Gasteiger partial charge >= 0.3 is 0 Å². The van der Waals surface area contributed by atoms with Gasteiger partial charge in [0.2, 0.25) is 11.8 Å². The number of thiophene rings is 1. The van der Waals surface area contributed by atoms with E-state index in [4.69, 9.17) is 0 Å². The van der Waals surface area contributed by atoms with E-state index in [0.717, 1.165) is 6.42 Å². The SMILES string of the molecule is Cc1ccsc1CNC(=O)CCNC(=O)[C@@H]1C[C@H]1C. The Morgan fingerprint density at radius 2 is 2.16 bits per heavy atom. The fourth-order valence-corrected chi connectivity index (χ4v) is 2.82. The van der Waals surface area contributed by atoms with Gasteiger partial charge in [0, 0.05) is 23.8 Å². The molecule has 1 heterocycles. The van der Waals surface area contributed by atoms with Crippen molar-refractivity contribution in [2.24, 2.45) is 11.8 Å². The molecule has 1 aromatic heterocycles. The molecule has 1 saturated carbocycles. The van der Waals surface area contributed by atoms with Gasteiger partial charge in [0.25, 0.3) is 0 Å². The van der Waals surface area contributed by atoms with E-state index in [9.17, 15) is 9.59 Å². The largest absolute Gasteiger partial charge is 0.355 e. The van der Waals surface area contributed by atoms with E-state index in [1.54, 1.807) is 11.3 Å². The second-order valence-corrected chi connectivity index (χ2v) is 6.16. The maximum absolute atomic E-state index is 11.6. The Bertz CT molecular complexity index is 470. The van der Waals surface area contributed by atoms with Gasteiger partial charge in [0.1, 0.15) is 0 Å². The Morgan fingerprint density at radius 1 is 1.42 bits per heavy atom. The van der Waals surface area contributed by atoms with Gasteiger partial charge in [-0.2, -0.15) is 0 Å². The van der Waals surface area contributed by atoms with E-state index >= 15 is 0 Å². The minimum absolute atomic E-state index is 0.0167. The van der Waals surface area contributed by atoms with E-state index in [2.05, 4.69) is 17.6 Å². The van der Waals surface area contributed by atoms with Gasteiger partial charge in [-0.25, -0.2) is 0 Å². The summed E-state index contributed by atoms with van der Waals surface area (Å²) in [6.45, 7) is 5.11. The summed E-state index contributed by atoms with van der Waals surface area (Å²) in [6.07, 6.45) is 1.33. The smallest absolute Gasteiger partial charge is 0.223 e. The average Bonchev–Trinajstić information content (AvgIpc) is 2.96. The molecule has 2 atom stereocenters. The van der Waals surface area contributed by atoms with Crippen LogP contribution in [0.1, 0.15) is 30.2 Å². The number of carbonyl (C=O) groups is 2. The first-order valence-corrected chi connectivity index (χ1v) is 7.53. The highest BCUT2D eigenvalue weighted by Crippen LogP contribution is 2.37. The van der Waals surface area contributed by atoms with Crippen LogP contribution in [0.5, 0.6) is 0 Å². The van der Waals surface area contributed by atoms with Crippen molar-refractivity contribution in [3.8, 4) is 0 Å². The predicted molar refractivity (Wildman–Crippen MR) is 75.8 cm³/mol. The van der Waals surface area contributed by atoms with Crippen LogP contribution in [-0.2, 0) is 16.1 Å². The molecule has 0 aromatic carbocycles. The zero-order valence-corrected chi connectivity index (χ0v) is 12.2. The Kier molecular flexibility index (Phi) is 4.58. The molecule has 19 heavy (non-hydrogen) atoms. The van der Waals surface area contributed by atoms with Crippen LogP contribution in [0.4, 0.5) is 0 Å². The van der Waals surface area contributed by atoms with Gasteiger partial charge < -0.3 is 10.6 Å². The maximum Gasteiger partial charge on any atom is 0.223 e. The normalized spacial score (nSPS) is 20.9. The van der Waals surface area contributed by atoms with Crippen LogP contribution in [0.15, 0.2) is 11.4 Å². The van der Waals surface area contributed by atoms with Crippen molar-refractivity contribution in [1.82, 2.24) is 10.6 Å². The molecular weight excluding hydrogens is 260 g/mol. The molecule has 1 aliphatic rings. The van der Waals surface area contributed by atoms with E-state index < -0.39 is 0 Å². The van der Waals surface area contributed by atoms with Gasteiger partial charge in [-0.05, 0) is 36.3 Å². The number of carbonyl (C=O) groups excluding carboxylic acids is 2. The zero-order valence-electron chi connectivity index (χ0n) is 11.4. The third kappa shape index (κ3) is 4.06. The van der Waals surface area contributed by atoms with Crippen molar-refractivity contribution in [1.29, 1.82) is 0 Å². The first-order chi connectivity index (χ1) is 9.08. The molecule has 2 amide bonds. The molecule has 0 aliphatic heterocycles. The minimum Gasteiger partial charge on any atom is -0.355 e. The number of rotatable bonds is 6. The first kappa shape index (κ1) is 14.1. The van der Waals surface area contributed by atoms with E-state index in [1.165, 1.54) is 10.4 Å². The molecule has 2 N–H and O–H groups in total. The zero-order chi connectivity index (χ0) is 13.8. The first-order valence-electron chi connectivity index (χ1n) is 6.65. The molecule has 4 nitrogen and oxygen atoms in total. The van der Waals surface area contributed by atoms with Gasteiger partial charge in [-0.3, -0.25) is 9.59 Å². The fraction of sp³-hybridized carbons (Fsp3) is 0.571. The van der Waals surface area contributed by atoms with Crippen LogP contribution >= 0.6 is 11.3 Å². The predicted octanol–water partition coefficient (Wildman–Crippen LogP) is 1.84. The molecule has 5 heteroatoms.